The molecule has 0 N–H and O–H groups in total. The molecule has 74 valence electrons. The number of benzene rings is 1. The highest BCUT2D eigenvalue weighted by molar-refractivity contribution is 5.34. The van der Waals surface area contributed by atoms with Gasteiger partial charge in [-0.05, 0) is 23.5 Å². The maximum Gasteiger partial charge on any atom is 0.235 e. The molecule has 14 heavy (non-hydrogen) atoms. The van der Waals surface area contributed by atoms with Crippen LogP contribution in [0.2, 0.25) is 0 Å². The van der Waals surface area contributed by atoms with E-state index in [0.717, 1.165) is 12.0 Å². The van der Waals surface area contributed by atoms with E-state index in [1.54, 1.807) is 0 Å². The molecule has 2 nitrogen and oxygen atoms in total. The Bertz CT molecular complexity index is 323. The minimum atomic E-state index is 0.435. The van der Waals surface area contributed by atoms with Gasteiger partial charge in [0.1, 0.15) is 0 Å². The molecule has 0 amide bonds. The second kappa shape index (κ2) is 5.36. The van der Waals surface area contributed by atoms with Gasteiger partial charge in [0.05, 0.1) is 6.54 Å². The Labute approximate surface area is 84.7 Å². The van der Waals surface area contributed by atoms with Crippen LogP contribution in [0.5, 0.6) is 0 Å². The third-order valence-corrected chi connectivity index (χ3v) is 2.49. The number of rotatable bonds is 4. The first-order valence-electron chi connectivity index (χ1n) is 4.90. The molecule has 0 saturated heterocycles. The van der Waals surface area contributed by atoms with Gasteiger partial charge in [-0.15, -0.1) is 0 Å². The summed E-state index contributed by atoms with van der Waals surface area (Å²) in [5.41, 5.74) is 2.40. The highest BCUT2D eigenvalue weighted by Crippen LogP contribution is 2.18. The van der Waals surface area contributed by atoms with Gasteiger partial charge in [-0.25, -0.2) is 9.79 Å². The Morgan fingerprint density at radius 3 is 2.50 bits per heavy atom. The summed E-state index contributed by atoms with van der Waals surface area (Å²) in [7, 11) is 0. The van der Waals surface area contributed by atoms with E-state index in [0.29, 0.717) is 12.5 Å². The number of aliphatic imine (C=N–C) groups is 1. The minimum Gasteiger partial charge on any atom is -0.211 e. The molecule has 0 aliphatic carbocycles. The first-order valence-corrected chi connectivity index (χ1v) is 4.90. The fourth-order valence-corrected chi connectivity index (χ4v) is 1.31. The number of carbonyl (C=O) groups excluding carboxylic acids is 1. The van der Waals surface area contributed by atoms with Crippen LogP contribution in [0, 0.1) is 0 Å². The summed E-state index contributed by atoms with van der Waals surface area (Å²) in [6.45, 7) is 4.82. The van der Waals surface area contributed by atoms with Crippen LogP contribution < -0.4 is 0 Å². The van der Waals surface area contributed by atoms with Crippen LogP contribution in [-0.4, -0.2) is 6.08 Å². The molecule has 0 aliphatic heterocycles. The van der Waals surface area contributed by atoms with Gasteiger partial charge in [0, 0.05) is 0 Å². The van der Waals surface area contributed by atoms with Gasteiger partial charge in [0.25, 0.3) is 0 Å². The number of nitrogens with zero attached hydrogens (tertiary/aromatic N) is 1. The molecule has 1 aromatic carbocycles. The predicted octanol–water partition coefficient (Wildman–Crippen LogP) is 3.04. The van der Waals surface area contributed by atoms with Crippen LogP contribution in [0.3, 0.4) is 0 Å². The van der Waals surface area contributed by atoms with E-state index in [4.69, 9.17) is 0 Å². The number of isocyanates is 1. The maximum atomic E-state index is 9.91. The summed E-state index contributed by atoms with van der Waals surface area (Å²) in [6.07, 6.45) is 2.68. The number of hydrogen-bond acceptors (Lipinski definition) is 2. The van der Waals surface area contributed by atoms with E-state index in [2.05, 4.69) is 31.0 Å². The zero-order valence-corrected chi connectivity index (χ0v) is 8.66. The summed E-state index contributed by atoms with van der Waals surface area (Å²) in [4.78, 5) is 13.4. The lowest BCUT2D eigenvalue weighted by atomic mass is 9.98. The van der Waals surface area contributed by atoms with Crippen LogP contribution in [-0.2, 0) is 11.3 Å². The molecule has 0 aromatic heterocycles. The molecule has 0 bridgehead atoms. The summed E-state index contributed by atoms with van der Waals surface area (Å²) in [5.74, 6) is 0.596. The molecule has 0 saturated carbocycles. The molecule has 0 radical (unpaired) electrons. The fourth-order valence-electron chi connectivity index (χ4n) is 1.31. The Kier molecular flexibility index (Phi) is 4.09. The second-order valence-electron chi connectivity index (χ2n) is 3.46. The van der Waals surface area contributed by atoms with Crippen molar-refractivity contribution >= 4 is 6.08 Å². The Morgan fingerprint density at radius 2 is 2.00 bits per heavy atom. The molecule has 0 fully saturated rings. The molecule has 0 heterocycles. The normalized spacial score (nSPS) is 11.9. The minimum absolute atomic E-state index is 0.435. The van der Waals surface area contributed by atoms with E-state index in [9.17, 15) is 4.79 Å². The van der Waals surface area contributed by atoms with Crippen molar-refractivity contribution in [3.05, 3.63) is 35.4 Å². The van der Waals surface area contributed by atoms with E-state index in [1.807, 2.05) is 12.1 Å². The van der Waals surface area contributed by atoms with Gasteiger partial charge in [-0.2, -0.15) is 0 Å². The zero-order valence-electron chi connectivity index (χ0n) is 8.66. The van der Waals surface area contributed by atoms with Crippen molar-refractivity contribution in [2.24, 2.45) is 4.99 Å². The quantitative estimate of drug-likeness (QED) is 0.528. The summed E-state index contributed by atoms with van der Waals surface area (Å²) < 4.78 is 0. The van der Waals surface area contributed by atoms with Crippen LogP contribution in [0.15, 0.2) is 29.3 Å². The highest BCUT2D eigenvalue weighted by Gasteiger charge is 2.01. The average molecular weight is 189 g/mol. The molecular weight excluding hydrogens is 174 g/mol. The SMILES string of the molecule is CCC(C)c1ccc(CN=C=O)cc1. The first kappa shape index (κ1) is 10.7. The van der Waals surface area contributed by atoms with Crippen LogP contribution >= 0.6 is 0 Å². The molecule has 1 atom stereocenters. The lowest BCUT2D eigenvalue weighted by Gasteiger charge is -2.08. The van der Waals surface area contributed by atoms with Crippen molar-refractivity contribution in [3.8, 4) is 0 Å². The molecule has 1 rings (SSSR count). The molecule has 0 aliphatic rings. The second-order valence-corrected chi connectivity index (χ2v) is 3.46. The lowest BCUT2D eigenvalue weighted by molar-refractivity contribution is 0.563. The predicted molar refractivity (Wildman–Crippen MR) is 57.0 cm³/mol. The van der Waals surface area contributed by atoms with Gasteiger partial charge in [-0.3, -0.25) is 0 Å². The summed E-state index contributed by atoms with van der Waals surface area (Å²) in [5, 5.41) is 0. The summed E-state index contributed by atoms with van der Waals surface area (Å²) >= 11 is 0. The monoisotopic (exact) mass is 189 g/mol. The maximum absolute atomic E-state index is 9.91. The molecule has 2 heteroatoms. The van der Waals surface area contributed by atoms with E-state index in [-0.39, 0.29) is 0 Å². The molecule has 1 unspecified atom stereocenters. The molecular formula is C12H15NO. The van der Waals surface area contributed by atoms with Gasteiger partial charge in [0.15, 0.2) is 0 Å². The summed E-state index contributed by atoms with van der Waals surface area (Å²) in [6, 6.07) is 8.23. The Hall–Kier alpha value is -1.40. The van der Waals surface area contributed by atoms with Gasteiger partial charge in [0.2, 0.25) is 6.08 Å². The number of hydrogen-bond donors (Lipinski definition) is 0. The Balaban J connectivity index is 2.72. The van der Waals surface area contributed by atoms with Crippen molar-refractivity contribution in [2.45, 2.75) is 32.7 Å². The average Bonchev–Trinajstić information content (AvgIpc) is 2.26. The topological polar surface area (TPSA) is 29.4 Å². The van der Waals surface area contributed by atoms with Crippen molar-refractivity contribution in [3.63, 3.8) is 0 Å². The third-order valence-electron chi connectivity index (χ3n) is 2.49. The van der Waals surface area contributed by atoms with Crippen molar-refractivity contribution in [1.82, 2.24) is 0 Å². The van der Waals surface area contributed by atoms with Gasteiger partial charge >= 0.3 is 0 Å². The van der Waals surface area contributed by atoms with Crippen LogP contribution in [0.25, 0.3) is 0 Å². The third kappa shape index (κ3) is 2.82. The Morgan fingerprint density at radius 1 is 1.36 bits per heavy atom. The zero-order chi connectivity index (χ0) is 10.4. The van der Waals surface area contributed by atoms with Crippen LogP contribution in [0.1, 0.15) is 37.3 Å². The van der Waals surface area contributed by atoms with Gasteiger partial charge < -0.3 is 0 Å². The van der Waals surface area contributed by atoms with E-state index >= 15 is 0 Å². The van der Waals surface area contributed by atoms with Crippen molar-refractivity contribution in [1.29, 1.82) is 0 Å². The molecule has 0 spiro atoms. The highest BCUT2D eigenvalue weighted by atomic mass is 16.1. The van der Waals surface area contributed by atoms with Crippen molar-refractivity contribution < 1.29 is 4.79 Å². The van der Waals surface area contributed by atoms with Gasteiger partial charge in [-0.1, -0.05) is 38.1 Å². The fraction of sp³-hybridized carbons (Fsp3) is 0.417. The van der Waals surface area contributed by atoms with E-state index < -0.39 is 0 Å². The lowest BCUT2D eigenvalue weighted by Crippen LogP contribution is -1.91. The standard InChI is InChI=1S/C12H15NO/c1-3-10(2)12-6-4-11(5-7-12)8-13-9-14/h4-7,10H,3,8H2,1-2H3. The first-order chi connectivity index (χ1) is 6.77. The van der Waals surface area contributed by atoms with E-state index in [1.165, 1.54) is 11.6 Å². The van der Waals surface area contributed by atoms with Crippen molar-refractivity contribution in [2.75, 3.05) is 0 Å². The molecule has 1 aromatic rings. The smallest absolute Gasteiger partial charge is 0.211 e. The van der Waals surface area contributed by atoms with Crippen LogP contribution in [0.4, 0.5) is 0 Å². The largest absolute Gasteiger partial charge is 0.235 e.